The smallest absolute Gasteiger partial charge is 0.341 e. The lowest BCUT2D eigenvalue weighted by Crippen LogP contribution is -2.38. The third-order valence-electron chi connectivity index (χ3n) is 6.14. The number of hydrogen-bond donors (Lipinski definition) is 1. The number of piperidine rings is 1. The van der Waals surface area contributed by atoms with Gasteiger partial charge in [0.05, 0.1) is 17.2 Å². The minimum Gasteiger partial charge on any atom is -0.462 e. The van der Waals surface area contributed by atoms with E-state index < -0.39 is 0 Å². The molecule has 1 saturated heterocycles. The molecule has 0 saturated carbocycles. The van der Waals surface area contributed by atoms with Gasteiger partial charge in [0.15, 0.2) is 0 Å². The van der Waals surface area contributed by atoms with Crippen LogP contribution < -0.4 is 10.2 Å². The molecule has 0 atom stereocenters. The molecule has 6 heteroatoms. The Kier molecular flexibility index (Phi) is 6.14. The zero-order chi connectivity index (χ0) is 21.3. The first-order chi connectivity index (χ1) is 14.5. The molecule has 5 nitrogen and oxygen atoms in total. The Labute approximate surface area is 182 Å². The highest BCUT2D eigenvalue weighted by molar-refractivity contribution is 7.20. The monoisotopic (exact) mass is 426 g/mol. The number of nitrogens with zero attached hydrogens (tertiary/aromatic N) is 1. The van der Waals surface area contributed by atoms with E-state index in [2.05, 4.69) is 48.3 Å². The van der Waals surface area contributed by atoms with Crippen molar-refractivity contribution in [2.45, 2.75) is 58.3 Å². The lowest BCUT2D eigenvalue weighted by atomic mass is 9.84. The van der Waals surface area contributed by atoms with Crippen LogP contribution in [-0.4, -0.2) is 31.6 Å². The summed E-state index contributed by atoms with van der Waals surface area (Å²) in [6.45, 7) is 8.55. The number of benzene rings is 1. The lowest BCUT2D eigenvalue weighted by Gasteiger charge is -2.40. The quantitative estimate of drug-likeness (QED) is 0.609. The third-order valence-corrected chi connectivity index (χ3v) is 7.32. The number of carbonyl (C=O) groups excluding carboxylic acids is 2. The summed E-state index contributed by atoms with van der Waals surface area (Å²) in [4.78, 5) is 27.8. The molecule has 0 aliphatic carbocycles. The zero-order valence-corrected chi connectivity index (χ0v) is 18.8. The Morgan fingerprint density at radius 3 is 2.53 bits per heavy atom. The summed E-state index contributed by atoms with van der Waals surface area (Å²) in [6.07, 6.45) is 3.20. The molecule has 1 fully saturated rings. The van der Waals surface area contributed by atoms with Crippen LogP contribution in [0, 0.1) is 0 Å². The third kappa shape index (κ3) is 4.10. The number of fused-ring (bicyclic) bond motifs is 2. The largest absolute Gasteiger partial charge is 0.462 e. The second-order valence-electron chi connectivity index (χ2n) is 8.45. The molecular weight excluding hydrogens is 396 g/mol. The highest BCUT2D eigenvalue weighted by atomic mass is 32.1. The molecule has 3 aliphatic rings. The normalized spacial score (nSPS) is 15.4. The average Bonchev–Trinajstić information content (AvgIpc) is 3.14. The van der Waals surface area contributed by atoms with E-state index in [-0.39, 0.29) is 11.9 Å². The highest BCUT2D eigenvalue weighted by Crippen LogP contribution is 2.51. The van der Waals surface area contributed by atoms with E-state index in [0.29, 0.717) is 41.8 Å². The molecule has 30 heavy (non-hydrogen) atoms. The molecule has 4 heterocycles. The minimum atomic E-state index is -0.316. The fraction of sp³-hybridized carbons (Fsp3) is 0.500. The van der Waals surface area contributed by atoms with Crippen molar-refractivity contribution in [3.8, 4) is 0 Å². The molecule has 1 N–H and O–H groups in total. The van der Waals surface area contributed by atoms with Crippen LogP contribution in [0.5, 0.6) is 0 Å². The standard InChI is InChI=1S/C24H30N2O3S/c1-4-29-24(28)21-20-18-11-13-26(14-12-18)23(20)30-22(21)25-19(27)10-7-16-5-8-17(9-6-16)15(2)3/h5-6,8-9,15,18H,4,7,10-14H2,1-3H3,(H,25,27). The first-order valence-electron chi connectivity index (χ1n) is 10.9. The van der Waals surface area contributed by atoms with Crippen molar-refractivity contribution in [1.82, 2.24) is 0 Å². The highest BCUT2D eigenvalue weighted by Gasteiger charge is 2.38. The van der Waals surface area contributed by atoms with Gasteiger partial charge in [-0.2, -0.15) is 0 Å². The van der Waals surface area contributed by atoms with Crippen molar-refractivity contribution in [3.63, 3.8) is 0 Å². The van der Waals surface area contributed by atoms with Gasteiger partial charge < -0.3 is 15.0 Å². The van der Waals surface area contributed by atoms with E-state index in [0.717, 1.165) is 42.1 Å². The topological polar surface area (TPSA) is 58.6 Å². The predicted octanol–water partition coefficient (Wildman–Crippen LogP) is 5.32. The fourth-order valence-electron chi connectivity index (χ4n) is 4.43. The van der Waals surface area contributed by atoms with E-state index >= 15 is 0 Å². The minimum absolute atomic E-state index is 0.0607. The summed E-state index contributed by atoms with van der Waals surface area (Å²) in [7, 11) is 0. The van der Waals surface area contributed by atoms with Crippen molar-refractivity contribution in [2.75, 3.05) is 29.9 Å². The Hall–Kier alpha value is -2.34. The molecule has 3 aliphatic heterocycles. The zero-order valence-electron chi connectivity index (χ0n) is 18.0. The van der Waals surface area contributed by atoms with Crippen LogP contribution in [0.4, 0.5) is 10.0 Å². The van der Waals surface area contributed by atoms with Gasteiger partial charge in [-0.15, -0.1) is 0 Å². The second-order valence-corrected chi connectivity index (χ2v) is 9.45. The average molecular weight is 427 g/mol. The Balaban J connectivity index is 1.49. The summed E-state index contributed by atoms with van der Waals surface area (Å²) in [5.41, 5.74) is 4.13. The van der Waals surface area contributed by atoms with Gasteiger partial charge in [0, 0.05) is 25.1 Å². The van der Waals surface area contributed by atoms with E-state index in [1.807, 2.05) is 6.92 Å². The Morgan fingerprint density at radius 1 is 1.20 bits per heavy atom. The van der Waals surface area contributed by atoms with Crippen LogP contribution in [0.1, 0.15) is 78.9 Å². The van der Waals surface area contributed by atoms with E-state index in [4.69, 9.17) is 4.74 Å². The van der Waals surface area contributed by atoms with Crippen LogP contribution in [-0.2, 0) is 16.0 Å². The first-order valence-corrected chi connectivity index (χ1v) is 11.8. The van der Waals surface area contributed by atoms with Crippen LogP contribution in [0.2, 0.25) is 0 Å². The maximum atomic E-state index is 12.7. The number of amides is 1. The molecule has 2 aromatic rings. The molecule has 160 valence electrons. The molecule has 1 amide bonds. The van der Waals surface area contributed by atoms with Gasteiger partial charge in [-0.1, -0.05) is 49.4 Å². The number of aryl methyl sites for hydroxylation is 1. The van der Waals surface area contributed by atoms with Gasteiger partial charge >= 0.3 is 5.97 Å². The summed E-state index contributed by atoms with van der Waals surface area (Å²) in [5.74, 6) is 0.517. The van der Waals surface area contributed by atoms with Crippen molar-refractivity contribution >= 4 is 33.2 Å². The molecule has 0 unspecified atom stereocenters. The molecule has 5 rings (SSSR count). The maximum Gasteiger partial charge on any atom is 0.341 e. The van der Waals surface area contributed by atoms with Crippen molar-refractivity contribution in [3.05, 3.63) is 46.5 Å². The number of carbonyl (C=O) groups is 2. The van der Waals surface area contributed by atoms with Gasteiger partial charge in [-0.25, -0.2) is 4.79 Å². The SMILES string of the molecule is CCOC(=O)c1c(NC(=O)CCc2ccc(C(C)C)cc2)sc2c1C1CCN2CC1. The maximum absolute atomic E-state index is 12.7. The number of ether oxygens (including phenoxy) is 1. The number of esters is 1. The van der Waals surface area contributed by atoms with Crippen molar-refractivity contribution in [1.29, 1.82) is 0 Å². The number of anilines is 2. The number of thiophene rings is 1. The number of nitrogens with one attached hydrogen (secondary N) is 1. The summed E-state index contributed by atoms with van der Waals surface area (Å²) < 4.78 is 5.34. The van der Waals surface area contributed by atoms with Crippen LogP contribution in [0.15, 0.2) is 24.3 Å². The summed E-state index contributed by atoms with van der Waals surface area (Å²) in [5, 5.41) is 4.82. The summed E-state index contributed by atoms with van der Waals surface area (Å²) in [6, 6.07) is 8.46. The molecule has 0 radical (unpaired) electrons. The van der Waals surface area contributed by atoms with Crippen LogP contribution >= 0.6 is 11.3 Å². The Morgan fingerprint density at radius 2 is 1.90 bits per heavy atom. The van der Waals surface area contributed by atoms with E-state index in [1.54, 1.807) is 0 Å². The van der Waals surface area contributed by atoms with Crippen LogP contribution in [0.25, 0.3) is 0 Å². The van der Waals surface area contributed by atoms with Gasteiger partial charge in [0.1, 0.15) is 5.00 Å². The molecule has 2 bridgehead atoms. The first kappa shape index (κ1) is 20.9. The second kappa shape index (κ2) is 8.80. The summed E-state index contributed by atoms with van der Waals surface area (Å²) >= 11 is 1.53. The number of hydrogen-bond acceptors (Lipinski definition) is 5. The van der Waals surface area contributed by atoms with Crippen molar-refractivity contribution < 1.29 is 14.3 Å². The molecule has 0 spiro atoms. The van der Waals surface area contributed by atoms with Gasteiger partial charge in [0.2, 0.25) is 5.91 Å². The fourth-order valence-corrected chi connectivity index (χ4v) is 5.77. The van der Waals surface area contributed by atoms with Gasteiger partial charge in [0.25, 0.3) is 0 Å². The Bertz CT molecular complexity index is 925. The molecular formula is C24H30N2O3S. The van der Waals surface area contributed by atoms with Crippen molar-refractivity contribution in [2.24, 2.45) is 0 Å². The van der Waals surface area contributed by atoms with Crippen LogP contribution in [0.3, 0.4) is 0 Å². The number of rotatable bonds is 7. The molecule has 1 aromatic heterocycles. The van der Waals surface area contributed by atoms with Gasteiger partial charge in [-0.05, 0) is 49.1 Å². The molecule has 1 aromatic carbocycles. The lowest BCUT2D eigenvalue weighted by molar-refractivity contribution is -0.116. The van der Waals surface area contributed by atoms with Gasteiger partial charge in [-0.3, -0.25) is 4.79 Å². The van der Waals surface area contributed by atoms with E-state index in [9.17, 15) is 9.59 Å². The predicted molar refractivity (Wildman–Crippen MR) is 122 cm³/mol. The van der Waals surface area contributed by atoms with E-state index in [1.165, 1.54) is 16.9 Å².